The molecule has 112 valence electrons. The summed E-state index contributed by atoms with van der Waals surface area (Å²) in [7, 11) is 1.30. The molecular formula is C14H22N2O4. The monoisotopic (exact) mass is 282 g/mol. The van der Waals surface area contributed by atoms with E-state index in [0.29, 0.717) is 25.3 Å². The summed E-state index contributed by atoms with van der Waals surface area (Å²) in [6, 6.07) is 3.27. The maximum Gasteiger partial charge on any atom is 0.373 e. The molecule has 1 rings (SSSR count). The van der Waals surface area contributed by atoms with Gasteiger partial charge in [-0.3, -0.25) is 4.79 Å². The lowest BCUT2D eigenvalue weighted by Crippen LogP contribution is -2.41. The second-order valence-electron chi connectivity index (χ2n) is 5.48. The number of carbonyl (C=O) groups excluding carboxylic acids is 2. The standard InChI is InChI=1S/C14H22N2O4/c1-14(2,3)16-12(17)7-8-15-9-10-5-6-11(20-10)13(18)19-4/h5-6,15H,7-9H2,1-4H3,(H,16,17). The van der Waals surface area contributed by atoms with E-state index in [4.69, 9.17) is 4.42 Å². The molecule has 1 aromatic heterocycles. The van der Waals surface area contributed by atoms with Gasteiger partial charge >= 0.3 is 5.97 Å². The van der Waals surface area contributed by atoms with E-state index >= 15 is 0 Å². The molecule has 1 amide bonds. The van der Waals surface area contributed by atoms with Gasteiger partial charge in [-0.1, -0.05) is 0 Å². The van der Waals surface area contributed by atoms with Gasteiger partial charge < -0.3 is 19.8 Å². The van der Waals surface area contributed by atoms with Crippen LogP contribution in [0.3, 0.4) is 0 Å². The molecule has 1 aromatic rings. The summed E-state index contributed by atoms with van der Waals surface area (Å²) in [5.41, 5.74) is -0.215. The summed E-state index contributed by atoms with van der Waals surface area (Å²) < 4.78 is 9.83. The second-order valence-corrected chi connectivity index (χ2v) is 5.48. The van der Waals surface area contributed by atoms with Crippen LogP contribution in [0.15, 0.2) is 16.5 Å². The highest BCUT2D eigenvalue weighted by Crippen LogP contribution is 2.08. The Morgan fingerprint density at radius 2 is 2.00 bits per heavy atom. The lowest BCUT2D eigenvalue weighted by molar-refractivity contribution is -0.122. The number of furan rings is 1. The third-order valence-electron chi connectivity index (χ3n) is 2.39. The number of carbonyl (C=O) groups is 2. The van der Waals surface area contributed by atoms with Crippen molar-refractivity contribution in [2.24, 2.45) is 0 Å². The van der Waals surface area contributed by atoms with Crippen molar-refractivity contribution in [1.82, 2.24) is 10.6 Å². The van der Waals surface area contributed by atoms with E-state index < -0.39 is 5.97 Å². The lowest BCUT2D eigenvalue weighted by Gasteiger charge is -2.20. The molecule has 0 saturated heterocycles. The van der Waals surface area contributed by atoms with Crippen LogP contribution in [0.5, 0.6) is 0 Å². The Kier molecular flexibility index (Phi) is 5.76. The maximum absolute atomic E-state index is 11.6. The summed E-state index contributed by atoms with van der Waals surface area (Å²) in [6.07, 6.45) is 0.391. The van der Waals surface area contributed by atoms with Crippen LogP contribution in [0.25, 0.3) is 0 Å². The third-order valence-corrected chi connectivity index (χ3v) is 2.39. The SMILES string of the molecule is COC(=O)c1ccc(CNCCC(=O)NC(C)(C)C)o1. The Morgan fingerprint density at radius 1 is 1.30 bits per heavy atom. The Bertz CT molecular complexity index is 460. The van der Waals surface area contributed by atoms with Crippen molar-refractivity contribution in [3.05, 3.63) is 23.7 Å². The summed E-state index contributed by atoms with van der Waals surface area (Å²) in [4.78, 5) is 22.8. The fraction of sp³-hybridized carbons (Fsp3) is 0.571. The highest BCUT2D eigenvalue weighted by atomic mass is 16.5. The number of hydrogen-bond donors (Lipinski definition) is 2. The van der Waals surface area contributed by atoms with Gasteiger partial charge in [0.2, 0.25) is 11.7 Å². The number of esters is 1. The molecule has 0 saturated carbocycles. The van der Waals surface area contributed by atoms with E-state index in [1.165, 1.54) is 7.11 Å². The number of nitrogens with one attached hydrogen (secondary N) is 2. The van der Waals surface area contributed by atoms with E-state index in [1.807, 2.05) is 20.8 Å². The Labute approximate surface area is 118 Å². The van der Waals surface area contributed by atoms with Gasteiger partial charge in [-0.15, -0.1) is 0 Å². The first-order valence-electron chi connectivity index (χ1n) is 6.50. The van der Waals surface area contributed by atoms with E-state index in [-0.39, 0.29) is 17.2 Å². The maximum atomic E-state index is 11.6. The highest BCUT2D eigenvalue weighted by Gasteiger charge is 2.13. The predicted molar refractivity (Wildman–Crippen MR) is 74.3 cm³/mol. The molecule has 0 bridgehead atoms. The minimum atomic E-state index is -0.499. The van der Waals surface area contributed by atoms with Crippen molar-refractivity contribution in [3.8, 4) is 0 Å². The van der Waals surface area contributed by atoms with Gasteiger partial charge in [0.1, 0.15) is 5.76 Å². The van der Waals surface area contributed by atoms with Crippen LogP contribution in [0.2, 0.25) is 0 Å². The summed E-state index contributed by atoms with van der Waals surface area (Å²) in [5, 5.41) is 5.96. The molecule has 0 aliphatic rings. The van der Waals surface area contributed by atoms with Gasteiger partial charge in [0, 0.05) is 18.5 Å². The predicted octanol–water partition coefficient (Wildman–Crippen LogP) is 1.46. The van der Waals surface area contributed by atoms with Gasteiger partial charge in [-0.05, 0) is 32.9 Å². The molecule has 6 nitrogen and oxygen atoms in total. The summed E-state index contributed by atoms with van der Waals surface area (Å²) in [5.74, 6) is 0.303. The smallest absolute Gasteiger partial charge is 0.373 e. The largest absolute Gasteiger partial charge is 0.463 e. The molecule has 0 aromatic carbocycles. The van der Waals surface area contributed by atoms with Crippen molar-refractivity contribution < 1.29 is 18.7 Å². The van der Waals surface area contributed by atoms with Gasteiger partial charge in [0.15, 0.2) is 0 Å². The number of hydrogen-bond acceptors (Lipinski definition) is 5. The first-order valence-corrected chi connectivity index (χ1v) is 6.50. The van der Waals surface area contributed by atoms with Crippen molar-refractivity contribution in [3.63, 3.8) is 0 Å². The highest BCUT2D eigenvalue weighted by molar-refractivity contribution is 5.86. The van der Waals surface area contributed by atoms with Crippen LogP contribution in [0.4, 0.5) is 0 Å². The van der Waals surface area contributed by atoms with Crippen molar-refractivity contribution in [2.45, 2.75) is 39.3 Å². The summed E-state index contributed by atoms with van der Waals surface area (Å²) in [6.45, 7) is 6.82. The average molecular weight is 282 g/mol. The van der Waals surface area contributed by atoms with Crippen LogP contribution >= 0.6 is 0 Å². The molecule has 0 aliphatic heterocycles. The minimum Gasteiger partial charge on any atom is -0.463 e. The molecule has 6 heteroatoms. The normalized spacial score (nSPS) is 11.2. The Morgan fingerprint density at radius 3 is 2.60 bits per heavy atom. The lowest BCUT2D eigenvalue weighted by atomic mass is 10.1. The average Bonchev–Trinajstić information content (AvgIpc) is 2.80. The first-order chi connectivity index (χ1) is 9.31. The zero-order valence-corrected chi connectivity index (χ0v) is 12.4. The molecule has 2 N–H and O–H groups in total. The van der Waals surface area contributed by atoms with E-state index in [1.54, 1.807) is 12.1 Å². The van der Waals surface area contributed by atoms with Crippen molar-refractivity contribution >= 4 is 11.9 Å². The van der Waals surface area contributed by atoms with Crippen LogP contribution in [-0.2, 0) is 16.1 Å². The quantitative estimate of drug-likeness (QED) is 0.610. The minimum absolute atomic E-state index is 0.000283. The molecule has 0 unspecified atom stereocenters. The third kappa shape index (κ3) is 5.88. The van der Waals surface area contributed by atoms with Crippen LogP contribution in [-0.4, -0.2) is 31.1 Å². The number of methoxy groups -OCH3 is 1. The van der Waals surface area contributed by atoms with Crippen molar-refractivity contribution in [2.75, 3.05) is 13.7 Å². The molecular weight excluding hydrogens is 260 g/mol. The van der Waals surface area contributed by atoms with Gasteiger partial charge in [-0.25, -0.2) is 4.79 Å². The van der Waals surface area contributed by atoms with E-state index in [0.717, 1.165) is 0 Å². The van der Waals surface area contributed by atoms with Gasteiger partial charge in [0.25, 0.3) is 0 Å². The van der Waals surface area contributed by atoms with Crippen molar-refractivity contribution in [1.29, 1.82) is 0 Å². The van der Waals surface area contributed by atoms with E-state index in [2.05, 4.69) is 15.4 Å². The molecule has 20 heavy (non-hydrogen) atoms. The van der Waals surface area contributed by atoms with E-state index in [9.17, 15) is 9.59 Å². The van der Waals surface area contributed by atoms with Crippen LogP contribution < -0.4 is 10.6 Å². The van der Waals surface area contributed by atoms with Gasteiger partial charge in [-0.2, -0.15) is 0 Å². The molecule has 1 heterocycles. The Hall–Kier alpha value is -1.82. The molecule has 0 spiro atoms. The Balaban J connectivity index is 2.26. The molecule has 0 aliphatic carbocycles. The number of amides is 1. The zero-order valence-electron chi connectivity index (χ0n) is 12.4. The first kappa shape index (κ1) is 16.2. The summed E-state index contributed by atoms with van der Waals surface area (Å²) >= 11 is 0. The molecule has 0 atom stereocenters. The molecule has 0 radical (unpaired) electrons. The number of ether oxygens (including phenoxy) is 1. The fourth-order valence-corrected chi connectivity index (χ4v) is 1.58. The number of rotatable bonds is 6. The van der Waals surface area contributed by atoms with Crippen LogP contribution in [0, 0.1) is 0 Å². The fourth-order valence-electron chi connectivity index (χ4n) is 1.58. The second kappa shape index (κ2) is 7.09. The topological polar surface area (TPSA) is 80.6 Å². The molecule has 0 fully saturated rings. The zero-order chi connectivity index (χ0) is 15.2. The van der Waals surface area contributed by atoms with Gasteiger partial charge in [0.05, 0.1) is 13.7 Å². The van der Waals surface area contributed by atoms with Crippen LogP contribution in [0.1, 0.15) is 43.5 Å².